The summed E-state index contributed by atoms with van der Waals surface area (Å²) < 4.78 is 2.41. The number of aryl methyl sites for hydroxylation is 1. The molecule has 0 saturated heterocycles. The van der Waals surface area contributed by atoms with Crippen molar-refractivity contribution in [3.05, 3.63) is 57.5 Å². The number of hydrogen-bond donors (Lipinski definition) is 1. The second kappa shape index (κ2) is 7.11. The van der Waals surface area contributed by atoms with Gasteiger partial charge in [0.15, 0.2) is 5.82 Å². The minimum absolute atomic E-state index is 0.00432. The molecule has 0 aliphatic rings. The molecule has 1 heterocycles. The molecule has 0 aliphatic carbocycles. The Morgan fingerprint density at radius 3 is 2.75 bits per heavy atom. The summed E-state index contributed by atoms with van der Waals surface area (Å²) in [6, 6.07) is 12.9. The van der Waals surface area contributed by atoms with Gasteiger partial charge in [-0.3, -0.25) is 4.79 Å². The van der Waals surface area contributed by atoms with Crippen LogP contribution >= 0.6 is 27.5 Å². The summed E-state index contributed by atoms with van der Waals surface area (Å²) in [5.74, 6) is 0.298. The SMILES string of the molecule is Cc1ccc(Cl)cc1NC(=O)Cn1nnnc1-c1ccc(Br)cc1. The monoisotopic (exact) mass is 405 g/mol. The van der Waals surface area contributed by atoms with E-state index < -0.39 is 0 Å². The van der Waals surface area contributed by atoms with Crippen molar-refractivity contribution in [1.82, 2.24) is 20.2 Å². The van der Waals surface area contributed by atoms with Crippen LogP contribution in [0.4, 0.5) is 5.69 Å². The van der Waals surface area contributed by atoms with Gasteiger partial charge in [0.2, 0.25) is 5.91 Å². The fraction of sp³-hybridized carbons (Fsp3) is 0.125. The second-order valence-electron chi connectivity index (χ2n) is 5.17. The van der Waals surface area contributed by atoms with Gasteiger partial charge >= 0.3 is 0 Å². The van der Waals surface area contributed by atoms with Crippen LogP contribution in [-0.4, -0.2) is 26.1 Å². The minimum Gasteiger partial charge on any atom is -0.324 e. The number of nitrogens with zero attached hydrogens (tertiary/aromatic N) is 4. The van der Waals surface area contributed by atoms with Gasteiger partial charge < -0.3 is 5.32 Å². The zero-order chi connectivity index (χ0) is 17.1. The zero-order valence-electron chi connectivity index (χ0n) is 12.7. The maximum Gasteiger partial charge on any atom is 0.246 e. The largest absolute Gasteiger partial charge is 0.324 e. The van der Waals surface area contributed by atoms with Crippen molar-refractivity contribution in [2.45, 2.75) is 13.5 Å². The molecule has 0 aliphatic heterocycles. The lowest BCUT2D eigenvalue weighted by molar-refractivity contribution is -0.116. The third-order valence-corrected chi connectivity index (χ3v) is 4.17. The number of rotatable bonds is 4. The lowest BCUT2D eigenvalue weighted by Crippen LogP contribution is -2.20. The molecule has 0 unspecified atom stereocenters. The molecule has 0 spiro atoms. The number of benzene rings is 2. The predicted molar refractivity (Wildman–Crippen MR) is 95.8 cm³/mol. The first-order chi connectivity index (χ1) is 11.5. The maximum absolute atomic E-state index is 12.3. The molecule has 0 saturated carbocycles. The van der Waals surface area contributed by atoms with Gasteiger partial charge in [0, 0.05) is 20.7 Å². The second-order valence-corrected chi connectivity index (χ2v) is 6.53. The Bertz CT molecular complexity index is 878. The zero-order valence-corrected chi connectivity index (χ0v) is 15.0. The Balaban J connectivity index is 1.77. The van der Waals surface area contributed by atoms with Gasteiger partial charge in [0.1, 0.15) is 6.54 Å². The molecule has 6 nitrogen and oxygen atoms in total. The fourth-order valence-electron chi connectivity index (χ4n) is 2.17. The van der Waals surface area contributed by atoms with Crippen LogP contribution in [0.3, 0.4) is 0 Å². The van der Waals surface area contributed by atoms with E-state index in [1.54, 1.807) is 12.1 Å². The van der Waals surface area contributed by atoms with Crippen molar-refractivity contribution in [3.8, 4) is 11.4 Å². The summed E-state index contributed by atoms with van der Waals surface area (Å²) in [6.07, 6.45) is 0. The highest BCUT2D eigenvalue weighted by molar-refractivity contribution is 9.10. The van der Waals surface area contributed by atoms with Crippen molar-refractivity contribution in [3.63, 3.8) is 0 Å². The number of aromatic nitrogens is 4. The third-order valence-electron chi connectivity index (χ3n) is 3.40. The molecular formula is C16H13BrClN5O. The number of anilines is 1. The lowest BCUT2D eigenvalue weighted by atomic mass is 10.2. The molecule has 122 valence electrons. The van der Waals surface area contributed by atoms with Crippen molar-refractivity contribution >= 4 is 39.1 Å². The summed E-state index contributed by atoms with van der Waals surface area (Å²) in [5.41, 5.74) is 2.43. The quantitative estimate of drug-likeness (QED) is 0.717. The van der Waals surface area contributed by atoms with Crippen LogP contribution in [0.2, 0.25) is 5.02 Å². The first kappa shape index (κ1) is 16.6. The van der Waals surface area contributed by atoms with Crippen LogP contribution in [0, 0.1) is 6.92 Å². The molecule has 3 aromatic rings. The standard InChI is InChI=1S/C16H13BrClN5O/c1-10-2-7-13(18)8-14(10)19-15(24)9-23-16(20-21-22-23)11-3-5-12(17)6-4-11/h2-8H,9H2,1H3,(H,19,24). The number of hydrogen-bond acceptors (Lipinski definition) is 4. The first-order valence-corrected chi connectivity index (χ1v) is 8.28. The first-order valence-electron chi connectivity index (χ1n) is 7.11. The predicted octanol–water partition coefficient (Wildman–Crippen LogP) is 3.70. The maximum atomic E-state index is 12.3. The van der Waals surface area contributed by atoms with E-state index in [4.69, 9.17) is 11.6 Å². The van der Waals surface area contributed by atoms with Gasteiger partial charge in [-0.1, -0.05) is 45.7 Å². The van der Waals surface area contributed by atoms with E-state index in [0.717, 1.165) is 15.6 Å². The molecule has 0 fully saturated rings. The summed E-state index contributed by atoms with van der Waals surface area (Å²) in [7, 11) is 0. The van der Waals surface area contributed by atoms with Crippen LogP contribution in [0.25, 0.3) is 11.4 Å². The molecule has 3 rings (SSSR count). The van der Waals surface area contributed by atoms with E-state index in [1.807, 2.05) is 37.3 Å². The lowest BCUT2D eigenvalue weighted by Gasteiger charge is -2.09. The number of tetrazole rings is 1. The van der Waals surface area contributed by atoms with Gasteiger partial charge in [0.05, 0.1) is 0 Å². The van der Waals surface area contributed by atoms with Gasteiger partial charge in [-0.25, -0.2) is 4.68 Å². The van der Waals surface area contributed by atoms with Crippen LogP contribution in [0.15, 0.2) is 46.9 Å². The highest BCUT2D eigenvalue weighted by Gasteiger charge is 2.13. The number of carbonyl (C=O) groups excluding carboxylic acids is 1. The molecule has 2 aromatic carbocycles. The van der Waals surface area contributed by atoms with Crippen LogP contribution in [0.5, 0.6) is 0 Å². The van der Waals surface area contributed by atoms with E-state index >= 15 is 0 Å². The van der Waals surface area contributed by atoms with E-state index in [9.17, 15) is 4.79 Å². The summed E-state index contributed by atoms with van der Waals surface area (Å²) in [6.45, 7) is 1.90. The van der Waals surface area contributed by atoms with Crippen LogP contribution in [-0.2, 0) is 11.3 Å². The van der Waals surface area contributed by atoms with Gasteiger partial charge in [-0.05, 0) is 47.2 Å². The summed E-state index contributed by atoms with van der Waals surface area (Å²) in [4.78, 5) is 12.3. The third kappa shape index (κ3) is 3.80. The Morgan fingerprint density at radius 2 is 2.00 bits per heavy atom. The highest BCUT2D eigenvalue weighted by atomic mass is 79.9. The van der Waals surface area contributed by atoms with Gasteiger partial charge in [-0.15, -0.1) is 5.10 Å². The fourth-order valence-corrected chi connectivity index (χ4v) is 2.61. The normalized spacial score (nSPS) is 10.6. The molecule has 24 heavy (non-hydrogen) atoms. The van der Waals surface area contributed by atoms with E-state index in [-0.39, 0.29) is 12.5 Å². The molecule has 1 N–H and O–H groups in total. The summed E-state index contributed by atoms with van der Waals surface area (Å²) >= 11 is 9.35. The number of nitrogens with one attached hydrogen (secondary N) is 1. The number of amides is 1. The van der Waals surface area contributed by atoms with Crippen LogP contribution in [0.1, 0.15) is 5.56 Å². The average Bonchev–Trinajstić information content (AvgIpc) is 2.99. The average molecular weight is 407 g/mol. The molecule has 1 amide bonds. The molecular weight excluding hydrogens is 394 g/mol. The van der Waals surface area contributed by atoms with Gasteiger partial charge in [-0.2, -0.15) is 0 Å². The van der Waals surface area contributed by atoms with Crippen molar-refractivity contribution in [1.29, 1.82) is 0 Å². The summed E-state index contributed by atoms with van der Waals surface area (Å²) in [5, 5.41) is 14.9. The van der Waals surface area contributed by atoms with Crippen molar-refractivity contribution in [2.75, 3.05) is 5.32 Å². The van der Waals surface area contributed by atoms with E-state index in [0.29, 0.717) is 16.5 Å². The van der Waals surface area contributed by atoms with E-state index in [2.05, 4.69) is 36.8 Å². The smallest absolute Gasteiger partial charge is 0.246 e. The Kier molecular flexibility index (Phi) is 4.92. The van der Waals surface area contributed by atoms with Crippen molar-refractivity contribution in [2.24, 2.45) is 0 Å². The molecule has 0 radical (unpaired) electrons. The Morgan fingerprint density at radius 1 is 1.25 bits per heavy atom. The molecule has 8 heteroatoms. The Hall–Kier alpha value is -2.25. The van der Waals surface area contributed by atoms with E-state index in [1.165, 1.54) is 4.68 Å². The molecule has 1 aromatic heterocycles. The van der Waals surface area contributed by atoms with Crippen molar-refractivity contribution < 1.29 is 4.79 Å². The molecule has 0 bridgehead atoms. The number of carbonyl (C=O) groups is 1. The molecule has 0 atom stereocenters. The number of halogens is 2. The topological polar surface area (TPSA) is 72.7 Å². The van der Waals surface area contributed by atoms with Crippen LogP contribution < -0.4 is 5.32 Å². The minimum atomic E-state index is -0.231. The van der Waals surface area contributed by atoms with Gasteiger partial charge in [0.25, 0.3) is 0 Å². The highest BCUT2D eigenvalue weighted by Crippen LogP contribution is 2.21. The Labute approximate surface area is 152 Å².